The van der Waals surface area contributed by atoms with Crippen LogP contribution in [0.4, 0.5) is 0 Å². The number of carboxylic acid groups (broad SMARTS) is 1. The van der Waals surface area contributed by atoms with Crippen LogP contribution in [0.15, 0.2) is 24.8 Å². The van der Waals surface area contributed by atoms with Gasteiger partial charge < -0.3 is 5.11 Å². The first-order valence-corrected chi connectivity index (χ1v) is 4.21. The lowest BCUT2D eigenvalue weighted by molar-refractivity contribution is -0.149. The molecule has 0 heterocycles. The van der Waals surface area contributed by atoms with Crippen molar-refractivity contribution in [3.8, 4) is 0 Å². The molecule has 2 atom stereocenters. The molecule has 0 saturated carbocycles. The summed E-state index contributed by atoms with van der Waals surface area (Å²) in [7, 11) is 0. The van der Waals surface area contributed by atoms with Gasteiger partial charge >= 0.3 is 5.97 Å². The van der Waals surface area contributed by atoms with Crippen LogP contribution in [0, 0.1) is 11.3 Å². The maximum Gasteiger partial charge on any atom is 0.314 e. The molecule has 1 aliphatic rings. The van der Waals surface area contributed by atoms with Gasteiger partial charge in [-0.05, 0) is 18.8 Å². The Morgan fingerprint density at radius 1 is 1.83 bits per heavy atom. The first kappa shape index (κ1) is 9.04. The summed E-state index contributed by atoms with van der Waals surface area (Å²) in [5, 5.41) is 9.00. The summed E-state index contributed by atoms with van der Waals surface area (Å²) < 4.78 is 0. The highest BCUT2D eigenvalue weighted by Crippen LogP contribution is 2.44. The van der Waals surface area contributed by atoms with Gasteiger partial charge in [0.15, 0.2) is 0 Å². The van der Waals surface area contributed by atoms with Gasteiger partial charge in [-0.1, -0.05) is 25.2 Å². The molecule has 1 aliphatic carbocycles. The summed E-state index contributed by atoms with van der Waals surface area (Å²) in [6.07, 6.45) is 6.96. The molecule has 12 heavy (non-hydrogen) atoms. The minimum atomic E-state index is -0.709. The number of rotatable bonds is 4. The van der Waals surface area contributed by atoms with E-state index in [4.69, 9.17) is 5.11 Å². The minimum absolute atomic E-state index is 0.150. The fourth-order valence-corrected chi connectivity index (χ4v) is 1.69. The third kappa shape index (κ3) is 1.07. The second-order valence-electron chi connectivity index (χ2n) is 3.19. The Balaban J connectivity index is 2.77. The number of aliphatic carboxylic acids is 1. The molecule has 0 fully saturated rings. The summed E-state index contributed by atoms with van der Waals surface area (Å²) in [4.78, 5) is 10.9. The molecular formula is C10H14O2. The summed E-state index contributed by atoms with van der Waals surface area (Å²) in [5.74, 6) is -0.558. The highest BCUT2D eigenvalue weighted by atomic mass is 16.4. The molecule has 0 radical (unpaired) electrons. The molecular weight excluding hydrogens is 152 g/mol. The van der Waals surface area contributed by atoms with Crippen LogP contribution in [0.3, 0.4) is 0 Å². The smallest absolute Gasteiger partial charge is 0.314 e. The topological polar surface area (TPSA) is 37.3 Å². The Morgan fingerprint density at radius 2 is 2.50 bits per heavy atom. The van der Waals surface area contributed by atoms with E-state index in [1.54, 1.807) is 12.2 Å². The average molecular weight is 166 g/mol. The molecule has 0 aliphatic heterocycles. The third-order valence-corrected chi connectivity index (χ3v) is 2.69. The molecule has 0 bridgehead atoms. The van der Waals surface area contributed by atoms with Crippen molar-refractivity contribution < 1.29 is 9.90 Å². The first-order valence-electron chi connectivity index (χ1n) is 4.21. The number of hydrogen-bond acceptors (Lipinski definition) is 1. The fraction of sp³-hybridized carbons (Fsp3) is 0.500. The zero-order valence-corrected chi connectivity index (χ0v) is 7.29. The molecule has 1 rings (SSSR count). The summed E-state index contributed by atoms with van der Waals surface area (Å²) in [6, 6.07) is 0. The quantitative estimate of drug-likeness (QED) is 0.650. The summed E-state index contributed by atoms with van der Waals surface area (Å²) in [6.45, 7) is 5.53. The lowest BCUT2D eigenvalue weighted by atomic mass is 9.64. The highest BCUT2D eigenvalue weighted by Gasteiger charge is 2.45. The van der Waals surface area contributed by atoms with Crippen molar-refractivity contribution in [2.45, 2.75) is 19.8 Å². The third-order valence-electron chi connectivity index (χ3n) is 2.69. The van der Waals surface area contributed by atoms with Crippen molar-refractivity contribution >= 4 is 5.97 Å². The van der Waals surface area contributed by atoms with Crippen molar-refractivity contribution in [2.24, 2.45) is 11.3 Å². The average Bonchev–Trinajstić information content (AvgIpc) is 1.99. The molecule has 0 spiro atoms. The van der Waals surface area contributed by atoms with E-state index in [1.165, 1.54) is 0 Å². The number of carboxylic acids is 1. The van der Waals surface area contributed by atoms with E-state index in [0.29, 0.717) is 6.42 Å². The van der Waals surface area contributed by atoms with E-state index in [0.717, 1.165) is 6.42 Å². The van der Waals surface area contributed by atoms with Gasteiger partial charge in [0.2, 0.25) is 0 Å². The largest absolute Gasteiger partial charge is 0.481 e. The zero-order chi connectivity index (χ0) is 9.19. The molecule has 0 aromatic carbocycles. The molecule has 2 heteroatoms. The molecule has 0 aromatic heterocycles. The Labute approximate surface area is 72.6 Å². The van der Waals surface area contributed by atoms with Crippen molar-refractivity contribution in [1.29, 1.82) is 0 Å². The Morgan fingerprint density at radius 3 is 2.75 bits per heavy atom. The molecule has 1 N–H and O–H groups in total. The van der Waals surface area contributed by atoms with E-state index in [1.807, 2.05) is 13.0 Å². The van der Waals surface area contributed by atoms with Gasteiger partial charge in [-0.25, -0.2) is 0 Å². The van der Waals surface area contributed by atoms with Crippen LogP contribution in [0.25, 0.3) is 0 Å². The second kappa shape index (κ2) is 3.13. The van der Waals surface area contributed by atoms with E-state index < -0.39 is 11.4 Å². The monoisotopic (exact) mass is 166 g/mol. The number of carbonyl (C=O) groups is 1. The van der Waals surface area contributed by atoms with Gasteiger partial charge in [-0.3, -0.25) is 4.79 Å². The second-order valence-corrected chi connectivity index (χ2v) is 3.19. The van der Waals surface area contributed by atoms with Crippen LogP contribution >= 0.6 is 0 Å². The SMILES string of the molecule is C=CC[C@@H]1C=C[C@@]1(CC)C(=O)O. The normalized spacial score (nSPS) is 32.6. The summed E-state index contributed by atoms with van der Waals surface area (Å²) in [5.41, 5.74) is -0.603. The number of allylic oxidation sites excluding steroid dienone is 2. The molecule has 0 unspecified atom stereocenters. The van der Waals surface area contributed by atoms with Gasteiger partial charge in [-0.2, -0.15) is 0 Å². The predicted molar refractivity (Wildman–Crippen MR) is 47.8 cm³/mol. The van der Waals surface area contributed by atoms with E-state index in [2.05, 4.69) is 6.58 Å². The van der Waals surface area contributed by atoms with Crippen LogP contribution in [-0.2, 0) is 4.79 Å². The minimum Gasteiger partial charge on any atom is -0.481 e. The molecule has 0 amide bonds. The van der Waals surface area contributed by atoms with E-state index in [-0.39, 0.29) is 5.92 Å². The zero-order valence-electron chi connectivity index (χ0n) is 7.29. The van der Waals surface area contributed by atoms with E-state index >= 15 is 0 Å². The summed E-state index contributed by atoms with van der Waals surface area (Å²) >= 11 is 0. The van der Waals surface area contributed by atoms with E-state index in [9.17, 15) is 4.79 Å². The molecule has 0 saturated heterocycles. The molecule has 0 aromatic rings. The van der Waals surface area contributed by atoms with Gasteiger partial charge in [0, 0.05) is 0 Å². The van der Waals surface area contributed by atoms with Crippen molar-refractivity contribution in [3.63, 3.8) is 0 Å². The Kier molecular flexibility index (Phi) is 2.36. The number of hydrogen-bond donors (Lipinski definition) is 1. The van der Waals surface area contributed by atoms with Gasteiger partial charge in [0.05, 0.1) is 5.41 Å². The standard InChI is InChI=1S/C10H14O2/c1-3-5-8-6-7-10(8,4-2)9(11)12/h3,6-8H,1,4-5H2,2H3,(H,11,12)/t8-,10-/m1/s1. The lowest BCUT2D eigenvalue weighted by Gasteiger charge is -2.38. The van der Waals surface area contributed by atoms with Crippen LogP contribution in [0.2, 0.25) is 0 Å². The first-order chi connectivity index (χ1) is 5.67. The Bertz CT molecular complexity index is 230. The molecule has 2 nitrogen and oxygen atoms in total. The maximum atomic E-state index is 10.9. The van der Waals surface area contributed by atoms with Crippen LogP contribution < -0.4 is 0 Å². The van der Waals surface area contributed by atoms with Gasteiger partial charge in [0.1, 0.15) is 0 Å². The highest BCUT2D eigenvalue weighted by molar-refractivity contribution is 5.79. The van der Waals surface area contributed by atoms with Crippen LogP contribution in [-0.4, -0.2) is 11.1 Å². The van der Waals surface area contributed by atoms with Crippen molar-refractivity contribution in [3.05, 3.63) is 24.8 Å². The predicted octanol–water partition coefficient (Wildman–Crippen LogP) is 2.23. The van der Waals surface area contributed by atoms with Crippen molar-refractivity contribution in [2.75, 3.05) is 0 Å². The van der Waals surface area contributed by atoms with Gasteiger partial charge in [-0.15, -0.1) is 6.58 Å². The van der Waals surface area contributed by atoms with Gasteiger partial charge in [0.25, 0.3) is 0 Å². The molecule has 66 valence electrons. The Hall–Kier alpha value is -1.05. The maximum absolute atomic E-state index is 10.9. The van der Waals surface area contributed by atoms with Crippen LogP contribution in [0.1, 0.15) is 19.8 Å². The fourth-order valence-electron chi connectivity index (χ4n) is 1.69. The van der Waals surface area contributed by atoms with Crippen LogP contribution in [0.5, 0.6) is 0 Å². The lowest BCUT2D eigenvalue weighted by Crippen LogP contribution is -2.41. The van der Waals surface area contributed by atoms with Crippen molar-refractivity contribution in [1.82, 2.24) is 0 Å².